The van der Waals surface area contributed by atoms with Crippen LogP contribution in [0.1, 0.15) is 49.9 Å². The van der Waals surface area contributed by atoms with E-state index in [0.29, 0.717) is 0 Å². The van der Waals surface area contributed by atoms with Gasteiger partial charge in [0.2, 0.25) is 0 Å². The number of nitrogens with zero attached hydrogens (tertiary/aromatic N) is 8. The van der Waals surface area contributed by atoms with Gasteiger partial charge < -0.3 is 29.2 Å². The second-order valence-electron chi connectivity index (χ2n) is 27.1. The Kier molecular flexibility index (Phi) is 38.5. The van der Waals surface area contributed by atoms with E-state index in [2.05, 4.69) is 221 Å². The van der Waals surface area contributed by atoms with Gasteiger partial charge in [-0.3, -0.25) is 9.98 Å². The van der Waals surface area contributed by atoms with Crippen molar-refractivity contribution in [3.05, 3.63) is 136 Å². The third kappa shape index (κ3) is 49.4. The Labute approximate surface area is 532 Å². The number of allylic oxidation sites excluding steroid dienone is 4. The number of hydrogen-bond donors (Lipinski definition) is 0. The molecule has 3 aromatic rings. The predicted molar refractivity (Wildman–Crippen MR) is 358 cm³/mol. The summed E-state index contributed by atoms with van der Waals surface area (Å²) < 4.78 is 19.3. The Morgan fingerprint density at radius 2 is 0.500 bits per heavy atom. The van der Waals surface area contributed by atoms with Crippen molar-refractivity contribution in [2.45, 2.75) is 213 Å². The molecule has 0 spiro atoms. The number of para-hydroxylation sites is 2. The van der Waals surface area contributed by atoms with Gasteiger partial charge in [0.25, 0.3) is 0 Å². The molecule has 0 bridgehead atoms. The largest absolute Gasteiger partial charge is 3.00 e. The van der Waals surface area contributed by atoms with Crippen LogP contribution in [0.4, 0.5) is 22.7 Å². The molecule has 0 aliphatic rings. The standard InChI is InChI=1S/C32H36N4.4C6H18NSi2.2Sm/c1-21-11-9-12-22(2)31(21)35-27(7)19-25(5)33-29-15-17-30(18-16-29)34-26(6)20-28(8)36-32-23(3)13-10-14-24(32)4;4*1-8(2,3)7-9(4,5)6;;/h9-20H,1-8H3;4*1-6H3;;/q-2;4*-1;2*+3/b27-19-,28-20-,33-25?,34-26?;;;;;;. The molecule has 8 nitrogen and oxygen atoms in total. The third-order valence-electron chi connectivity index (χ3n) is 8.43. The van der Waals surface area contributed by atoms with Gasteiger partial charge in [-0.15, -0.1) is 11.4 Å². The summed E-state index contributed by atoms with van der Waals surface area (Å²) in [6.45, 7) is 71.5. The Morgan fingerprint density at radius 3 is 0.649 bits per heavy atom. The first-order valence-corrected chi connectivity index (χ1v) is 53.6. The maximum atomic E-state index is 4.82. The van der Waals surface area contributed by atoms with Gasteiger partial charge in [-0.05, 0) is 65.8 Å². The summed E-state index contributed by atoms with van der Waals surface area (Å²) in [5.74, 6) is 0. The number of hydrogen-bond acceptors (Lipinski definition) is 2. The van der Waals surface area contributed by atoms with E-state index in [0.717, 1.165) is 45.6 Å². The van der Waals surface area contributed by atoms with Crippen LogP contribution in [0.25, 0.3) is 29.2 Å². The Hall–Kier alpha value is 0.330. The molecule has 3 rings (SSSR count). The van der Waals surface area contributed by atoms with Crippen LogP contribution < -0.4 is 0 Å². The van der Waals surface area contributed by atoms with E-state index in [1.165, 1.54) is 22.3 Å². The summed E-state index contributed by atoms with van der Waals surface area (Å²) in [6.07, 6.45) is 4.02. The van der Waals surface area contributed by atoms with Crippen molar-refractivity contribution < 1.29 is 80.8 Å². The van der Waals surface area contributed by atoms with E-state index >= 15 is 0 Å². The maximum Gasteiger partial charge on any atom is 3.00 e. The van der Waals surface area contributed by atoms with Gasteiger partial charge in [-0.25, -0.2) is 0 Å². The molecule has 0 N–H and O–H groups in total. The zero-order chi connectivity index (χ0) is 57.1. The van der Waals surface area contributed by atoms with Gasteiger partial charge in [0.15, 0.2) is 0 Å². The van der Waals surface area contributed by atoms with E-state index in [9.17, 15) is 0 Å². The monoisotopic (exact) mass is 1420 g/mol. The second-order valence-corrected chi connectivity index (χ2v) is 65.4. The van der Waals surface area contributed by atoms with Crippen LogP contribution in [0.5, 0.6) is 0 Å². The molecule has 74 heavy (non-hydrogen) atoms. The van der Waals surface area contributed by atoms with Gasteiger partial charge in [0.05, 0.1) is 11.4 Å². The molecule has 0 aliphatic heterocycles. The van der Waals surface area contributed by atoms with Crippen molar-refractivity contribution in [2.75, 3.05) is 0 Å². The van der Waals surface area contributed by atoms with E-state index in [1.807, 2.05) is 64.1 Å². The fourth-order valence-corrected chi connectivity index (χ4v) is 40.3. The van der Waals surface area contributed by atoms with Crippen LogP contribution >= 0.6 is 0 Å². The van der Waals surface area contributed by atoms with Crippen molar-refractivity contribution in [1.82, 2.24) is 0 Å². The Morgan fingerprint density at radius 1 is 0.324 bits per heavy atom. The minimum absolute atomic E-state index is 0. The topological polar surface area (TPSA) is 109 Å². The fraction of sp³-hybridized carbons (Fsp3) is 0.571. The third-order valence-corrected chi connectivity index (χ3v) is 29.9. The SMILES string of the molecule is CC(/C=C(/C)[N-]c1c(C)cccc1C)=Nc1ccc(N=C(C)/C=C(/C)[N-]c2c(C)cccc2C)cc1.C[Si](C)(C)[N-][Si](C)(C)C.C[Si](C)(C)[N-][Si](C)(C)C.C[Si](C)(C)[N-][Si](C)(C)C.C[Si](C)(C)[N-][Si](C)(C)C.[Sm+3].[Sm+3]. The molecule has 0 atom stereocenters. The van der Waals surface area contributed by atoms with Crippen LogP contribution in [0.15, 0.2) is 94.2 Å². The van der Waals surface area contributed by atoms with Crippen LogP contribution in [-0.2, 0) is 0 Å². The van der Waals surface area contributed by atoms with Crippen molar-refractivity contribution in [2.24, 2.45) is 9.98 Å². The Balaban J connectivity index is -0.000000522. The maximum absolute atomic E-state index is 4.82. The van der Waals surface area contributed by atoms with E-state index < -0.39 is 65.9 Å². The average Bonchev–Trinajstić information content (AvgIpc) is 3.07. The summed E-state index contributed by atoms with van der Waals surface area (Å²) in [5.41, 5.74) is 12.2. The molecule has 0 fully saturated rings. The fourth-order valence-electron chi connectivity index (χ4n) is 8.08. The quantitative estimate of drug-likeness (QED) is 0.101. The molecule has 0 aromatic heterocycles. The summed E-state index contributed by atoms with van der Waals surface area (Å²) in [5, 5.41) is 9.59. The normalized spacial score (nSPS) is 13.2. The first kappa shape index (κ1) is 80.8. The number of aryl methyl sites for hydroxylation is 4. The molecular weight excluding hydrogens is 1310 g/mol. The van der Waals surface area contributed by atoms with Crippen molar-refractivity contribution in [1.29, 1.82) is 0 Å². The van der Waals surface area contributed by atoms with Gasteiger partial charge in [-0.1, -0.05) is 308 Å². The van der Waals surface area contributed by atoms with Gasteiger partial charge in [-0.2, -0.15) is 11.4 Å². The van der Waals surface area contributed by atoms with Crippen molar-refractivity contribution in [3.8, 4) is 0 Å². The molecular formula is C56H108N8Si8Sm2. The molecule has 2 radical (unpaired) electrons. The van der Waals surface area contributed by atoms with Crippen molar-refractivity contribution >= 4 is 100 Å². The molecule has 0 heterocycles. The average molecular weight is 1420 g/mol. The Bertz CT molecular complexity index is 1910. The van der Waals surface area contributed by atoms with E-state index in [1.54, 1.807) is 0 Å². The summed E-state index contributed by atoms with van der Waals surface area (Å²) in [6, 6.07) is 20.4. The minimum atomic E-state index is -1.11. The molecule has 416 valence electrons. The minimum Gasteiger partial charge on any atom is -0.668 e. The van der Waals surface area contributed by atoms with Crippen LogP contribution in [0, 0.1) is 108 Å². The van der Waals surface area contributed by atoms with Gasteiger partial charge in [0.1, 0.15) is 0 Å². The smallest absolute Gasteiger partial charge is 0.668 e. The summed E-state index contributed by atoms with van der Waals surface area (Å²) >= 11 is 0. The molecule has 18 heteroatoms. The van der Waals surface area contributed by atoms with Crippen molar-refractivity contribution in [3.63, 3.8) is 0 Å². The first-order valence-electron chi connectivity index (χ1n) is 26.0. The zero-order valence-corrected chi connectivity index (χ0v) is 66.6. The second kappa shape index (κ2) is 35.2. The van der Waals surface area contributed by atoms with E-state index in [-0.39, 0.29) is 80.8 Å². The van der Waals surface area contributed by atoms with Crippen LogP contribution in [0.2, 0.25) is 157 Å². The van der Waals surface area contributed by atoms with E-state index in [4.69, 9.17) is 39.2 Å². The molecule has 3 aromatic carbocycles. The zero-order valence-electron chi connectivity index (χ0n) is 53.3. The molecule has 0 unspecified atom stereocenters. The number of aliphatic imine (C=N–C) groups is 2. The first-order chi connectivity index (χ1) is 31.9. The number of benzene rings is 3. The van der Waals surface area contributed by atoms with Crippen LogP contribution in [-0.4, -0.2) is 77.3 Å². The van der Waals surface area contributed by atoms with Gasteiger partial charge >= 0.3 is 80.8 Å². The summed E-state index contributed by atoms with van der Waals surface area (Å²) in [7, 11) is -8.85. The predicted octanol–water partition coefficient (Wildman–Crippen LogP) is 22.4. The molecule has 0 amide bonds. The van der Waals surface area contributed by atoms with Gasteiger partial charge in [0, 0.05) is 11.4 Å². The molecule has 0 saturated heterocycles. The summed E-state index contributed by atoms with van der Waals surface area (Å²) in [4.78, 5) is 9.44. The van der Waals surface area contributed by atoms with Crippen LogP contribution in [0.3, 0.4) is 0 Å². The molecule has 0 aliphatic carbocycles. The molecule has 0 saturated carbocycles. The number of rotatable bonds is 16.